The maximum Gasteiger partial charge on any atom is 0.411 e. The molecule has 1 aliphatic carbocycles. The lowest BCUT2D eigenvalue weighted by molar-refractivity contribution is 0.0679. The van der Waals surface area contributed by atoms with Gasteiger partial charge in [0.05, 0.1) is 5.69 Å². The number of imidazole rings is 1. The number of hydrogen-bond donors (Lipinski definition) is 3. The summed E-state index contributed by atoms with van der Waals surface area (Å²) in [7, 11) is 3.17. The van der Waals surface area contributed by atoms with E-state index < -0.39 is 18.0 Å². The van der Waals surface area contributed by atoms with Crippen molar-refractivity contribution in [2.45, 2.75) is 5.92 Å². The van der Waals surface area contributed by atoms with Crippen LogP contribution in [0.15, 0.2) is 67.0 Å². The first kappa shape index (κ1) is 22.9. The van der Waals surface area contributed by atoms with Crippen LogP contribution in [0.5, 0.6) is 0 Å². The third kappa shape index (κ3) is 4.20. The molecule has 0 aliphatic heterocycles. The summed E-state index contributed by atoms with van der Waals surface area (Å²) in [5, 5.41) is 14.3. The topological polar surface area (TPSA) is 127 Å². The van der Waals surface area contributed by atoms with Crippen molar-refractivity contribution in [2.24, 2.45) is 14.1 Å². The van der Waals surface area contributed by atoms with Crippen molar-refractivity contribution in [3.8, 4) is 11.1 Å². The van der Waals surface area contributed by atoms with Gasteiger partial charge in [0.2, 0.25) is 5.82 Å². The monoisotopic (exact) mass is 485 g/mol. The normalized spacial score (nSPS) is 12.1. The first-order valence-corrected chi connectivity index (χ1v) is 11.2. The maximum atomic E-state index is 12.7. The highest BCUT2D eigenvalue weighted by Gasteiger charge is 2.29. The van der Waals surface area contributed by atoms with Crippen molar-refractivity contribution in [1.29, 1.82) is 0 Å². The zero-order valence-corrected chi connectivity index (χ0v) is 19.6. The molecular weight excluding hydrogens is 462 g/mol. The summed E-state index contributed by atoms with van der Waals surface area (Å²) in [6.45, 7) is 0.172. The summed E-state index contributed by atoms with van der Waals surface area (Å²) in [5.41, 5.74) is 5.14. The molecule has 2 aromatic carbocycles. The predicted molar refractivity (Wildman–Crippen MR) is 132 cm³/mol. The maximum absolute atomic E-state index is 12.7. The van der Waals surface area contributed by atoms with Gasteiger partial charge in [-0.05, 0) is 28.3 Å². The third-order valence-electron chi connectivity index (χ3n) is 6.14. The summed E-state index contributed by atoms with van der Waals surface area (Å²) in [4.78, 5) is 40.3. The molecule has 2 amide bonds. The molecule has 36 heavy (non-hydrogen) atoms. The molecule has 0 bridgehead atoms. The number of carboxylic acid groups (broad SMARTS) is 1. The first-order valence-electron chi connectivity index (χ1n) is 11.2. The number of carbonyl (C=O) groups is 3. The van der Waals surface area contributed by atoms with Gasteiger partial charge in [0.25, 0.3) is 5.91 Å². The Morgan fingerprint density at radius 1 is 0.944 bits per heavy atom. The Hall–Kier alpha value is -4.86. The fraction of sp³-hybridized carbons (Fsp3) is 0.154. The number of aromatic nitrogens is 3. The second-order valence-electron chi connectivity index (χ2n) is 8.50. The second-order valence-corrected chi connectivity index (χ2v) is 8.50. The Bertz CT molecular complexity index is 1460. The number of aryl methyl sites for hydroxylation is 2. The number of nitrogens with one attached hydrogen (secondary N) is 2. The van der Waals surface area contributed by atoms with Crippen LogP contribution in [0.25, 0.3) is 11.1 Å². The number of carbonyl (C=O) groups excluding carboxylic acids is 2. The molecule has 10 heteroatoms. The van der Waals surface area contributed by atoms with Crippen molar-refractivity contribution in [3.63, 3.8) is 0 Å². The van der Waals surface area contributed by atoms with E-state index in [1.807, 2.05) is 36.4 Å². The van der Waals surface area contributed by atoms with Crippen LogP contribution in [-0.2, 0) is 18.8 Å². The van der Waals surface area contributed by atoms with Crippen LogP contribution >= 0.6 is 0 Å². The molecule has 2 heterocycles. The van der Waals surface area contributed by atoms with Crippen LogP contribution in [0, 0.1) is 0 Å². The van der Waals surface area contributed by atoms with Gasteiger partial charge < -0.3 is 24.3 Å². The van der Waals surface area contributed by atoms with E-state index in [0.29, 0.717) is 5.69 Å². The summed E-state index contributed by atoms with van der Waals surface area (Å²) >= 11 is 0. The van der Waals surface area contributed by atoms with Crippen molar-refractivity contribution < 1.29 is 24.2 Å². The summed E-state index contributed by atoms with van der Waals surface area (Å²) < 4.78 is 8.39. The van der Waals surface area contributed by atoms with E-state index in [1.54, 1.807) is 13.2 Å². The second kappa shape index (κ2) is 9.06. The third-order valence-corrected chi connectivity index (χ3v) is 6.14. The highest BCUT2D eigenvalue weighted by molar-refractivity contribution is 6.04. The van der Waals surface area contributed by atoms with Gasteiger partial charge >= 0.3 is 12.1 Å². The van der Waals surface area contributed by atoms with E-state index in [4.69, 9.17) is 9.84 Å². The molecule has 5 rings (SSSR count). The minimum atomic E-state index is -1.20. The number of amides is 2. The van der Waals surface area contributed by atoms with Crippen molar-refractivity contribution >= 4 is 29.5 Å². The van der Waals surface area contributed by atoms with Crippen LogP contribution in [0.1, 0.15) is 38.2 Å². The fourth-order valence-electron chi connectivity index (χ4n) is 4.52. The molecule has 0 radical (unpaired) electrons. The Labute approximate surface area is 206 Å². The molecule has 0 unspecified atom stereocenters. The lowest BCUT2D eigenvalue weighted by atomic mass is 9.98. The molecule has 4 aromatic rings. The zero-order valence-electron chi connectivity index (χ0n) is 19.6. The Kier molecular flexibility index (Phi) is 5.77. The quantitative estimate of drug-likeness (QED) is 0.378. The van der Waals surface area contributed by atoms with Gasteiger partial charge in [-0.2, -0.15) is 0 Å². The van der Waals surface area contributed by atoms with Crippen molar-refractivity contribution in [1.82, 2.24) is 14.1 Å². The minimum absolute atomic E-state index is 0.0608. The van der Waals surface area contributed by atoms with Crippen molar-refractivity contribution in [3.05, 3.63) is 89.6 Å². The van der Waals surface area contributed by atoms with E-state index in [2.05, 4.69) is 27.8 Å². The van der Waals surface area contributed by atoms with E-state index >= 15 is 0 Å². The number of nitrogens with zero attached hydrogens (tertiary/aromatic N) is 3. The van der Waals surface area contributed by atoms with E-state index in [9.17, 15) is 14.4 Å². The van der Waals surface area contributed by atoms with Crippen LogP contribution in [-0.4, -0.2) is 43.8 Å². The van der Waals surface area contributed by atoms with Gasteiger partial charge in [-0.25, -0.2) is 14.6 Å². The Morgan fingerprint density at radius 2 is 1.58 bits per heavy atom. The molecule has 0 spiro atoms. The summed E-state index contributed by atoms with van der Waals surface area (Å²) in [5.74, 6) is -1.86. The number of anilines is 2. The molecular formula is C26H23N5O5. The molecule has 0 fully saturated rings. The molecule has 0 saturated carbocycles. The van der Waals surface area contributed by atoms with Gasteiger partial charge in [0.1, 0.15) is 12.3 Å². The van der Waals surface area contributed by atoms with Gasteiger partial charge in [-0.1, -0.05) is 48.5 Å². The average molecular weight is 486 g/mol. The SMILES string of the molecule is Cn1cc(NC(=O)OCC2c3ccccc3-c3ccccc32)cc1C(=O)Nc1cn(C)c(C(=O)O)n1. The van der Waals surface area contributed by atoms with Crippen LogP contribution in [0.3, 0.4) is 0 Å². The summed E-state index contributed by atoms with van der Waals surface area (Å²) in [6.07, 6.45) is 2.35. The number of fused-ring (bicyclic) bond motifs is 3. The number of rotatable bonds is 6. The van der Waals surface area contributed by atoms with Gasteiger partial charge in [0, 0.05) is 32.4 Å². The Balaban J connectivity index is 1.24. The highest BCUT2D eigenvalue weighted by atomic mass is 16.5. The number of benzene rings is 2. The largest absolute Gasteiger partial charge is 0.475 e. The average Bonchev–Trinajstić information content (AvgIpc) is 3.50. The van der Waals surface area contributed by atoms with Crippen LogP contribution in [0.4, 0.5) is 16.3 Å². The van der Waals surface area contributed by atoms with Gasteiger partial charge in [-0.15, -0.1) is 0 Å². The number of hydrogen-bond acceptors (Lipinski definition) is 5. The number of aromatic carboxylic acids is 1. The van der Waals surface area contributed by atoms with Crippen molar-refractivity contribution in [2.75, 3.05) is 17.2 Å². The van der Waals surface area contributed by atoms with E-state index in [1.165, 1.54) is 28.4 Å². The number of ether oxygens (including phenoxy) is 1. The van der Waals surface area contributed by atoms with Crippen LogP contribution < -0.4 is 10.6 Å². The lowest BCUT2D eigenvalue weighted by Gasteiger charge is -2.14. The van der Waals surface area contributed by atoms with Crippen LogP contribution in [0.2, 0.25) is 0 Å². The molecule has 3 N–H and O–H groups in total. The molecule has 0 saturated heterocycles. The predicted octanol–water partition coefficient (Wildman–Crippen LogP) is 4.07. The van der Waals surface area contributed by atoms with E-state index in [0.717, 1.165) is 22.3 Å². The van der Waals surface area contributed by atoms with E-state index in [-0.39, 0.29) is 29.9 Å². The highest BCUT2D eigenvalue weighted by Crippen LogP contribution is 2.44. The summed E-state index contributed by atoms with van der Waals surface area (Å²) in [6, 6.07) is 17.7. The molecule has 182 valence electrons. The minimum Gasteiger partial charge on any atom is -0.475 e. The standard InChI is InChI=1S/C26H23N5O5/c1-30-12-15(11-21(30)24(32)29-22-13-31(2)23(28-22)25(33)34)27-26(35)36-14-20-18-9-5-3-7-16(18)17-8-4-6-10-19(17)20/h3-13,20H,14H2,1-2H3,(H,27,35)(H,29,32)(H,33,34). The first-order chi connectivity index (χ1) is 17.3. The Morgan fingerprint density at radius 3 is 2.19 bits per heavy atom. The number of carboxylic acids is 1. The fourth-order valence-corrected chi connectivity index (χ4v) is 4.52. The molecule has 1 aliphatic rings. The van der Waals surface area contributed by atoms with Gasteiger partial charge in [0.15, 0.2) is 5.82 Å². The molecule has 0 atom stereocenters. The molecule has 2 aromatic heterocycles. The zero-order chi connectivity index (χ0) is 25.4. The molecule has 10 nitrogen and oxygen atoms in total. The van der Waals surface area contributed by atoms with Gasteiger partial charge in [-0.3, -0.25) is 10.1 Å². The smallest absolute Gasteiger partial charge is 0.411 e. The lowest BCUT2D eigenvalue weighted by Crippen LogP contribution is -2.17.